The zero-order chi connectivity index (χ0) is 8.39. The number of carbonyl (C=O) groups is 1. The van der Waals surface area contributed by atoms with E-state index in [2.05, 4.69) is 15.8 Å². The SMILES string of the molecule is O=C1CCN(C2CCNCC2)N1. The van der Waals surface area contributed by atoms with Gasteiger partial charge in [-0.3, -0.25) is 10.2 Å². The summed E-state index contributed by atoms with van der Waals surface area (Å²) in [4.78, 5) is 10.9. The van der Waals surface area contributed by atoms with Crippen LogP contribution in [-0.2, 0) is 4.79 Å². The van der Waals surface area contributed by atoms with Crippen LogP contribution >= 0.6 is 0 Å². The first-order valence-electron chi connectivity index (χ1n) is 4.63. The predicted octanol–water partition coefficient (Wildman–Crippen LogP) is -0.525. The van der Waals surface area contributed by atoms with Crippen LogP contribution in [0.1, 0.15) is 19.3 Å². The van der Waals surface area contributed by atoms with Crippen LogP contribution in [0.5, 0.6) is 0 Å². The first-order chi connectivity index (χ1) is 5.86. The molecule has 2 aliphatic heterocycles. The Hall–Kier alpha value is -0.610. The maximum atomic E-state index is 10.9. The van der Waals surface area contributed by atoms with E-state index in [1.807, 2.05) is 0 Å². The number of piperidine rings is 1. The molecule has 0 saturated carbocycles. The van der Waals surface area contributed by atoms with Crippen LogP contribution < -0.4 is 10.7 Å². The van der Waals surface area contributed by atoms with E-state index in [0.717, 1.165) is 32.5 Å². The van der Waals surface area contributed by atoms with Crippen molar-refractivity contribution < 1.29 is 4.79 Å². The Morgan fingerprint density at radius 1 is 1.33 bits per heavy atom. The summed E-state index contributed by atoms with van der Waals surface area (Å²) in [5.74, 6) is 0.175. The van der Waals surface area contributed by atoms with Gasteiger partial charge in [0.15, 0.2) is 0 Å². The van der Waals surface area contributed by atoms with Crippen LogP contribution in [0.4, 0.5) is 0 Å². The van der Waals surface area contributed by atoms with E-state index < -0.39 is 0 Å². The number of carbonyl (C=O) groups excluding carboxylic acids is 1. The average molecular weight is 169 g/mol. The summed E-state index contributed by atoms with van der Waals surface area (Å²) in [5.41, 5.74) is 2.89. The molecule has 0 unspecified atom stereocenters. The van der Waals surface area contributed by atoms with Crippen LogP contribution in [0.2, 0.25) is 0 Å². The Morgan fingerprint density at radius 3 is 2.67 bits per heavy atom. The Bertz CT molecular complexity index is 177. The van der Waals surface area contributed by atoms with Gasteiger partial charge < -0.3 is 5.32 Å². The molecule has 2 saturated heterocycles. The molecule has 0 aromatic heterocycles. The maximum Gasteiger partial charge on any atom is 0.235 e. The third-order valence-corrected chi connectivity index (χ3v) is 2.60. The number of nitrogens with one attached hydrogen (secondary N) is 2. The van der Waals surface area contributed by atoms with E-state index in [9.17, 15) is 4.79 Å². The van der Waals surface area contributed by atoms with Gasteiger partial charge in [0.05, 0.1) is 0 Å². The summed E-state index contributed by atoms with van der Waals surface area (Å²) >= 11 is 0. The molecule has 0 aliphatic carbocycles. The van der Waals surface area contributed by atoms with Crippen molar-refractivity contribution in [1.82, 2.24) is 15.8 Å². The lowest BCUT2D eigenvalue weighted by atomic mass is 10.1. The Kier molecular flexibility index (Phi) is 2.28. The van der Waals surface area contributed by atoms with Crippen LogP contribution in [0.15, 0.2) is 0 Å². The molecule has 2 rings (SSSR count). The van der Waals surface area contributed by atoms with E-state index in [0.29, 0.717) is 12.5 Å². The fraction of sp³-hybridized carbons (Fsp3) is 0.875. The molecule has 2 N–H and O–H groups in total. The third-order valence-electron chi connectivity index (χ3n) is 2.60. The van der Waals surface area contributed by atoms with Crippen molar-refractivity contribution >= 4 is 5.91 Å². The highest BCUT2D eigenvalue weighted by Gasteiger charge is 2.26. The number of hydrazine groups is 1. The number of amides is 1. The molecule has 0 radical (unpaired) electrons. The van der Waals surface area contributed by atoms with Crippen molar-refractivity contribution in [2.24, 2.45) is 0 Å². The lowest BCUT2D eigenvalue weighted by Gasteiger charge is -2.30. The molecule has 0 aromatic rings. The number of hydrogen-bond donors (Lipinski definition) is 2. The van der Waals surface area contributed by atoms with Crippen molar-refractivity contribution in [2.45, 2.75) is 25.3 Å². The first kappa shape index (κ1) is 8.01. The first-order valence-corrected chi connectivity index (χ1v) is 4.63. The van der Waals surface area contributed by atoms with E-state index in [1.165, 1.54) is 0 Å². The molecule has 68 valence electrons. The summed E-state index contributed by atoms with van der Waals surface area (Å²) in [5, 5.41) is 5.41. The minimum absolute atomic E-state index is 0.175. The summed E-state index contributed by atoms with van der Waals surface area (Å²) in [6.07, 6.45) is 2.98. The smallest absolute Gasteiger partial charge is 0.235 e. The number of rotatable bonds is 1. The van der Waals surface area contributed by atoms with Crippen molar-refractivity contribution in [2.75, 3.05) is 19.6 Å². The van der Waals surface area contributed by atoms with Crippen LogP contribution in [0, 0.1) is 0 Å². The van der Waals surface area contributed by atoms with Gasteiger partial charge in [-0.15, -0.1) is 0 Å². The van der Waals surface area contributed by atoms with Crippen molar-refractivity contribution in [1.29, 1.82) is 0 Å². The van der Waals surface area contributed by atoms with Gasteiger partial charge in [0.25, 0.3) is 0 Å². The standard InChI is InChI=1S/C8H15N3O/c12-8-3-6-11(10-8)7-1-4-9-5-2-7/h7,9H,1-6H2,(H,10,12). The second kappa shape index (κ2) is 3.41. The highest BCUT2D eigenvalue weighted by molar-refractivity contribution is 5.77. The lowest BCUT2D eigenvalue weighted by Crippen LogP contribution is -2.47. The van der Waals surface area contributed by atoms with Crippen LogP contribution in [0.3, 0.4) is 0 Å². The molecule has 2 aliphatic rings. The summed E-state index contributed by atoms with van der Waals surface area (Å²) in [7, 11) is 0. The number of hydrogen-bond acceptors (Lipinski definition) is 3. The Labute approximate surface area is 72.3 Å². The van der Waals surface area contributed by atoms with Gasteiger partial charge in [-0.25, -0.2) is 5.01 Å². The highest BCUT2D eigenvalue weighted by Crippen LogP contribution is 2.12. The fourth-order valence-corrected chi connectivity index (χ4v) is 1.89. The summed E-state index contributed by atoms with van der Waals surface area (Å²) in [6.45, 7) is 3.05. The van der Waals surface area contributed by atoms with Gasteiger partial charge in [-0.2, -0.15) is 0 Å². The molecule has 0 atom stereocenters. The van der Waals surface area contributed by atoms with Crippen molar-refractivity contribution in [3.05, 3.63) is 0 Å². The number of nitrogens with zero attached hydrogens (tertiary/aromatic N) is 1. The van der Waals surface area contributed by atoms with Gasteiger partial charge in [0.1, 0.15) is 0 Å². The normalized spacial score (nSPS) is 27.5. The highest BCUT2D eigenvalue weighted by atomic mass is 16.2. The second-order valence-corrected chi connectivity index (χ2v) is 3.46. The monoisotopic (exact) mass is 169 g/mol. The van der Waals surface area contributed by atoms with Crippen molar-refractivity contribution in [3.8, 4) is 0 Å². The largest absolute Gasteiger partial charge is 0.317 e. The molecule has 0 aromatic carbocycles. The second-order valence-electron chi connectivity index (χ2n) is 3.46. The molecular formula is C8H15N3O. The molecule has 2 heterocycles. The average Bonchev–Trinajstić information content (AvgIpc) is 2.54. The van der Waals surface area contributed by atoms with E-state index >= 15 is 0 Å². The predicted molar refractivity (Wildman–Crippen MR) is 45.4 cm³/mol. The molecular weight excluding hydrogens is 154 g/mol. The van der Waals surface area contributed by atoms with Gasteiger partial charge >= 0.3 is 0 Å². The van der Waals surface area contributed by atoms with E-state index in [4.69, 9.17) is 0 Å². The molecule has 12 heavy (non-hydrogen) atoms. The Balaban J connectivity index is 1.86. The minimum Gasteiger partial charge on any atom is -0.317 e. The van der Waals surface area contributed by atoms with E-state index in [-0.39, 0.29) is 5.91 Å². The fourth-order valence-electron chi connectivity index (χ4n) is 1.89. The van der Waals surface area contributed by atoms with E-state index in [1.54, 1.807) is 0 Å². The molecule has 4 heteroatoms. The van der Waals surface area contributed by atoms with Gasteiger partial charge in [-0.1, -0.05) is 0 Å². The minimum atomic E-state index is 0.175. The van der Waals surface area contributed by atoms with Crippen molar-refractivity contribution in [3.63, 3.8) is 0 Å². The molecule has 1 amide bonds. The molecule has 0 bridgehead atoms. The zero-order valence-electron chi connectivity index (χ0n) is 7.18. The molecule has 0 spiro atoms. The quantitative estimate of drug-likeness (QED) is 0.555. The third kappa shape index (κ3) is 1.59. The Morgan fingerprint density at radius 2 is 2.08 bits per heavy atom. The summed E-state index contributed by atoms with van der Waals surface area (Å²) in [6, 6.07) is 0.567. The van der Waals surface area contributed by atoms with Crippen LogP contribution in [-0.4, -0.2) is 36.6 Å². The van der Waals surface area contributed by atoms with Gasteiger partial charge in [0, 0.05) is 19.0 Å². The maximum absolute atomic E-state index is 10.9. The summed E-state index contributed by atoms with van der Waals surface area (Å²) < 4.78 is 0. The van der Waals surface area contributed by atoms with Gasteiger partial charge in [-0.05, 0) is 25.9 Å². The lowest BCUT2D eigenvalue weighted by molar-refractivity contribution is -0.121. The zero-order valence-corrected chi connectivity index (χ0v) is 7.18. The van der Waals surface area contributed by atoms with Gasteiger partial charge in [0.2, 0.25) is 5.91 Å². The van der Waals surface area contributed by atoms with Crippen LogP contribution in [0.25, 0.3) is 0 Å². The topological polar surface area (TPSA) is 44.4 Å². The molecule has 2 fully saturated rings. The molecule has 4 nitrogen and oxygen atoms in total.